The maximum absolute atomic E-state index is 13.6. The third-order valence-corrected chi connectivity index (χ3v) is 6.65. The number of rotatable bonds is 9. The third-order valence-electron chi connectivity index (χ3n) is 5.80. The maximum atomic E-state index is 13.6. The molecule has 7 heteroatoms. The van der Waals surface area contributed by atoms with Crippen LogP contribution in [-0.2, 0) is 18.7 Å². The van der Waals surface area contributed by atoms with E-state index in [0.717, 1.165) is 29.0 Å². The molecule has 1 aliphatic rings. The van der Waals surface area contributed by atoms with E-state index in [1.54, 1.807) is 18.4 Å². The van der Waals surface area contributed by atoms with Crippen LogP contribution in [-0.4, -0.2) is 34.2 Å². The molecule has 1 aliphatic carbocycles. The molecule has 0 radical (unpaired) electrons. The lowest BCUT2D eigenvalue weighted by molar-refractivity contribution is 0.0731. The average Bonchev–Trinajstić information content (AvgIpc) is 3.32. The summed E-state index contributed by atoms with van der Waals surface area (Å²) in [6.45, 7) is 9.87. The zero-order valence-electron chi connectivity index (χ0n) is 20.1. The number of carbonyl (C=O) groups is 1. The number of methoxy groups -OCH3 is 1. The van der Waals surface area contributed by atoms with E-state index < -0.39 is 0 Å². The molecule has 2 heterocycles. The van der Waals surface area contributed by atoms with Crippen molar-refractivity contribution in [3.63, 3.8) is 0 Å². The van der Waals surface area contributed by atoms with Gasteiger partial charge in [-0.25, -0.2) is 0 Å². The van der Waals surface area contributed by atoms with Crippen molar-refractivity contribution in [3.05, 3.63) is 63.6 Å². The van der Waals surface area contributed by atoms with Crippen LogP contribution >= 0.6 is 11.3 Å². The molecule has 2 aromatic heterocycles. The number of hydrogen-bond donors (Lipinski definition) is 0. The summed E-state index contributed by atoms with van der Waals surface area (Å²) in [6.07, 6.45) is 2.32. The van der Waals surface area contributed by atoms with Crippen LogP contribution in [0.3, 0.4) is 0 Å². The molecule has 1 amide bonds. The van der Waals surface area contributed by atoms with E-state index in [0.29, 0.717) is 42.8 Å². The Morgan fingerprint density at radius 2 is 2.00 bits per heavy atom. The summed E-state index contributed by atoms with van der Waals surface area (Å²) in [4.78, 5) is 16.6. The number of ether oxygens (including phenoxy) is 2. The quantitative estimate of drug-likeness (QED) is 0.397. The first-order valence-corrected chi connectivity index (χ1v) is 12.4. The molecule has 6 nitrogen and oxygen atoms in total. The zero-order valence-corrected chi connectivity index (χ0v) is 20.9. The third kappa shape index (κ3) is 5.41. The van der Waals surface area contributed by atoms with Gasteiger partial charge < -0.3 is 14.4 Å². The Hall–Kier alpha value is -2.80. The molecule has 4 rings (SSSR count). The van der Waals surface area contributed by atoms with E-state index in [4.69, 9.17) is 14.6 Å². The number of thiophene rings is 1. The lowest BCUT2D eigenvalue weighted by atomic mass is 10.1. The van der Waals surface area contributed by atoms with Gasteiger partial charge in [0, 0.05) is 23.9 Å². The molecule has 3 aromatic rings. The first-order valence-electron chi connectivity index (χ1n) is 11.5. The van der Waals surface area contributed by atoms with Crippen molar-refractivity contribution in [1.29, 1.82) is 0 Å². The van der Waals surface area contributed by atoms with E-state index in [2.05, 4.69) is 20.8 Å². The van der Waals surface area contributed by atoms with Crippen molar-refractivity contribution in [2.45, 2.75) is 65.1 Å². The number of amides is 1. The molecular weight excluding hydrogens is 434 g/mol. The van der Waals surface area contributed by atoms with Crippen LogP contribution in [0.4, 0.5) is 0 Å². The second-order valence-electron chi connectivity index (χ2n) is 9.48. The second kappa shape index (κ2) is 9.59. The first-order chi connectivity index (χ1) is 15.8. The lowest BCUT2D eigenvalue weighted by Gasteiger charge is -2.26. The molecule has 0 unspecified atom stereocenters. The fourth-order valence-electron chi connectivity index (χ4n) is 3.82. The molecule has 0 spiro atoms. The minimum Gasteiger partial charge on any atom is -0.493 e. The summed E-state index contributed by atoms with van der Waals surface area (Å²) < 4.78 is 13.4. The highest BCUT2D eigenvalue weighted by atomic mass is 32.1. The van der Waals surface area contributed by atoms with Gasteiger partial charge in [-0.15, -0.1) is 11.3 Å². The Kier molecular flexibility index (Phi) is 6.79. The Balaban J connectivity index is 1.52. The summed E-state index contributed by atoms with van der Waals surface area (Å²) in [5, 5.41) is 6.84. The van der Waals surface area contributed by atoms with Crippen molar-refractivity contribution in [2.24, 2.45) is 0 Å². The molecule has 176 valence electrons. The van der Waals surface area contributed by atoms with Gasteiger partial charge in [0.05, 0.1) is 18.3 Å². The highest BCUT2D eigenvalue weighted by Gasteiger charge is 2.32. The number of nitrogens with zero attached hydrogens (tertiary/aromatic N) is 3. The molecule has 1 saturated carbocycles. The van der Waals surface area contributed by atoms with Gasteiger partial charge in [-0.3, -0.25) is 9.48 Å². The summed E-state index contributed by atoms with van der Waals surface area (Å²) in [6, 6.07) is 11.9. The van der Waals surface area contributed by atoms with Crippen molar-refractivity contribution >= 4 is 17.2 Å². The minimum atomic E-state index is -0.262. The molecular formula is C26H33N3O3S. The Bertz CT molecular complexity index is 1090. The van der Waals surface area contributed by atoms with Crippen molar-refractivity contribution in [3.8, 4) is 11.5 Å². The monoisotopic (exact) mass is 467 g/mol. The Morgan fingerprint density at radius 1 is 1.21 bits per heavy atom. The van der Waals surface area contributed by atoms with Crippen LogP contribution in [0.5, 0.6) is 11.5 Å². The van der Waals surface area contributed by atoms with E-state index in [9.17, 15) is 4.79 Å². The molecule has 0 saturated heterocycles. The second-order valence-corrected chi connectivity index (χ2v) is 10.5. The molecule has 0 atom stereocenters. The standard InChI is InChI=1S/C26H33N3O3S/c1-6-28(25(30)22-15-21(19-10-11-19)27-29(22)26(2,3)4)16-18-9-12-23(24(14-18)31-5)32-17-20-8-7-13-33-20/h7-9,12-15,19H,6,10-11,16-17H2,1-5H3. The lowest BCUT2D eigenvalue weighted by Crippen LogP contribution is -2.35. The predicted octanol–water partition coefficient (Wildman–Crippen LogP) is 5.83. The van der Waals surface area contributed by atoms with E-state index in [1.165, 1.54) is 0 Å². The van der Waals surface area contributed by atoms with Gasteiger partial charge in [-0.05, 0) is 75.7 Å². The summed E-state index contributed by atoms with van der Waals surface area (Å²) >= 11 is 1.66. The topological polar surface area (TPSA) is 56.6 Å². The van der Waals surface area contributed by atoms with Crippen molar-refractivity contribution in [2.75, 3.05) is 13.7 Å². The molecule has 0 aliphatic heterocycles. The molecule has 0 bridgehead atoms. The average molecular weight is 468 g/mol. The molecule has 1 aromatic carbocycles. The molecule has 1 fully saturated rings. The number of hydrogen-bond acceptors (Lipinski definition) is 5. The summed E-state index contributed by atoms with van der Waals surface area (Å²) in [7, 11) is 1.64. The van der Waals surface area contributed by atoms with Gasteiger partial charge in [0.15, 0.2) is 11.5 Å². The van der Waals surface area contributed by atoms with E-state index in [-0.39, 0.29) is 11.4 Å². The fourth-order valence-corrected chi connectivity index (χ4v) is 4.44. The summed E-state index contributed by atoms with van der Waals surface area (Å²) in [5.74, 6) is 1.87. The molecule has 0 N–H and O–H groups in total. The van der Waals surface area contributed by atoms with Crippen LogP contribution in [0.25, 0.3) is 0 Å². The van der Waals surface area contributed by atoms with Crippen LogP contribution in [0, 0.1) is 0 Å². The fraction of sp³-hybridized carbons (Fsp3) is 0.462. The Labute approximate surface area is 200 Å². The van der Waals surface area contributed by atoms with Gasteiger partial charge in [0.2, 0.25) is 0 Å². The van der Waals surface area contributed by atoms with Gasteiger partial charge in [0.1, 0.15) is 12.3 Å². The highest BCUT2D eigenvalue weighted by molar-refractivity contribution is 7.09. The van der Waals surface area contributed by atoms with E-state index in [1.807, 2.05) is 58.3 Å². The first kappa shape index (κ1) is 23.4. The SMILES string of the molecule is CCN(Cc1ccc(OCc2cccs2)c(OC)c1)C(=O)c1cc(C2CC2)nn1C(C)(C)C. The van der Waals surface area contributed by atoms with E-state index >= 15 is 0 Å². The van der Waals surface area contributed by atoms with Gasteiger partial charge >= 0.3 is 0 Å². The number of carbonyl (C=O) groups excluding carboxylic acids is 1. The van der Waals surface area contributed by atoms with Gasteiger partial charge in [0.25, 0.3) is 5.91 Å². The minimum absolute atomic E-state index is 0.00353. The van der Waals surface area contributed by atoms with Crippen molar-refractivity contribution in [1.82, 2.24) is 14.7 Å². The van der Waals surface area contributed by atoms with Crippen LogP contribution < -0.4 is 9.47 Å². The largest absolute Gasteiger partial charge is 0.493 e. The normalized spacial score (nSPS) is 13.7. The summed E-state index contributed by atoms with van der Waals surface area (Å²) in [5.41, 5.74) is 2.43. The van der Waals surface area contributed by atoms with Gasteiger partial charge in [-0.2, -0.15) is 5.10 Å². The number of aromatic nitrogens is 2. The zero-order chi connectivity index (χ0) is 23.6. The Morgan fingerprint density at radius 3 is 2.61 bits per heavy atom. The smallest absolute Gasteiger partial charge is 0.272 e. The van der Waals surface area contributed by atoms with Crippen LogP contribution in [0.1, 0.15) is 73.1 Å². The van der Waals surface area contributed by atoms with Crippen LogP contribution in [0.15, 0.2) is 41.8 Å². The number of benzene rings is 1. The van der Waals surface area contributed by atoms with Crippen molar-refractivity contribution < 1.29 is 14.3 Å². The maximum Gasteiger partial charge on any atom is 0.272 e. The predicted molar refractivity (Wildman–Crippen MR) is 131 cm³/mol. The van der Waals surface area contributed by atoms with Gasteiger partial charge in [-0.1, -0.05) is 12.1 Å². The highest BCUT2D eigenvalue weighted by Crippen LogP contribution is 2.40. The van der Waals surface area contributed by atoms with Crippen LogP contribution in [0.2, 0.25) is 0 Å². The molecule has 33 heavy (non-hydrogen) atoms.